The lowest BCUT2D eigenvalue weighted by molar-refractivity contribution is 0.301. The van der Waals surface area contributed by atoms with Crippen LogP contribution in [0.15, 0.2) is 35.7 Å². The molecule has 0 spiro atoms. The zero-order valence-electron chi connectivity index (χ0n) is 12.0. The Morgan fingerprint density at radius 2 is 2.27 bits per heavy atom. The molecule has 0 saturated carbocycles. The van der Waals surface area contributed by atoms with Gasteiger partial charge in [0, 0.05) is 18.8 Å². The lowest BCUT2D eigenvalue weighted by atomic mass is 10.0. The number of nitrogens with zero attached hydrogens (tertiary/aromatic N) is 2. The fourth-order valence-corrected chi connectivity index (χ4v) is 3.70. The van der Waals surface area contributed by atoms with E-state index in [0.29, 0.717) is 25.0 Å². The second kappa shape index (κ2) is 5.69. The van der Waals surface area contributed by atoms with E-state index in [-0.39, 0.29) is 10.8 Å². The maximum absolute atomic E-state index is 13.9. The van der Waals surface area contributed by atoms with Crippen LogP contribution in [0.3, 0.4) is 0 Å². The van der Waals surface area contributed by atoms with Crippen molar-refractivity contribution in [2.45, 2.75) is 23.9 Å². The summed E-state index contributed by atoms with van der Waals surface area (Å²) < 4.78 is 48.2. The van der Waals surface area contributed by atoms with E-state index in [9.17, 15) is 12.8 Å². The molecule has 0 aliphatic carbocycles. The molecule has 3 rings (SSSR count). The van der Waals surface area contributed by atoms with Crippen LogP contribution in [0.1, 0.15) is 24.4 Å². The Morgan fingerprint density at radius 3 is 3.00 bits per heavy atom. The van der Waals surface area contributed by atoms with E-state index in [1.165, 1.54) is 18.6 Å². The van der Waals surface area contributed by atoms with E-state index in [1.807, 2.05) is 0 Å². The van der Waals surface area contributed by atoms with Gasteiger partial charge in [-0.1, -0.05) is 12.1 Å². The summed E-state index contributed by atoms with van der Waals surface area (Å²) in [5.74, 6) is -0.366. The van der Waals surface area contributed by atoms with Crippen molar-refractivity contribution in [3.63, 3.8) is 0 Å². The van der Waals surface area contributed by atoms with Crippen LogP contribution >= 0.6 is 0 Å². The molecule has 0 fully saturated rings. The number of rotatable bonds is 3. The smallest absolute Gasteiger partial charge is 0.260 e. The molecule has 0 saturated heterocycles. The van der Waals surface area contributed by atoms with E-state index in [4.69, 9.17) is 4.74 Å². The van der Waals surface area contributed by atoms with Gasteiger partial charge in [-0.15, -0.1) is 0 Å². The van der Waals surface area contributed by atoms with Gasteiger partial charge in [-0.05, 0) is 18.9 Å². The zero-order chi connectivity index (χ0) is 15.7. The molecule has 1 aliphatic rings. The highest BCUT2D eigenvalue weighted by Crippen LogP contribution is 2.34. The predicted octanol–water partition coefficient (Wildman–Crippen LogP) is 1.75. The normalized spacial score (nSPS) is 18.4. The van der Waals surface area contributed by atoms with Gasteiger partial charge < -0.3 is 9.30 Å². The Balaban J connectivity index is 1.94. The number of para-hydroxylation sites is 1. The summed E-state index contributed by atoms with van der Waals surface area (Å²) in [6, 6.07) is 3.98. The number of sulfonamides is 1. The number of aryl methyl sites for hydroxylation is 1. The van der Waals surface area contributed by atoms with Crippen LogP contribution in [-0.2, 0) is 17.1 Å². The van der Waals surface area contributed by atoms with Crippen molar-refractivity contribution >= 4 is 10.0 Å². The lowest BCUT2D eigenvalue weighted by Crippen LogP contribution is -2.29. The molecule has 2 heterocycles. The topological polar surface area (TPSA) is 73.2 Å². The number of halogens is 1. The molecule has 1 aromatic heterocycles. The van der Waals surface area contributed by atoms with Crippen LogP contribution in [0.5, 0.6) is 5.75 Å². The number of fused-ring (bicyclic) bond motifs is 1. The van der Waals surface area contributed by atoms with Crippen molar-refractivity contribution in [1.82, 2.24) is 14.3 Å². The number of aromatic nitrogens is 2. The number of benzene rings is 1. The Morgan fingerprint density at radius 1 is 1.45 bits per heavy atom. The lowest BCUT2D eigenvalue weighted by Gasteiger charge is -2.17. The molecule has 2 aromatic rings. The maximum atomic E-state index is 13.9. The quantitative estimate of drug-likeness (QED) is 0.933. The number of hydrogen-bond donors (Lipinski definition) is 1. The monoisotopic (exact) mass is 325 g/mol. The van der Waals surface area contributed by atoms with Gasteiger partial charge in [0.25, 0.3) is 10.0 Å². The second-order valence-electron chi connectivity index (χ2n) is 5.20. The molecule has 1 aliphatic heterocycles. The summed E-state index contributed by atoms with van der Waals surface area (Å²) in [6.07, 6.45) is 3.99. The molecule has 6 nitrogen and oxygen atoms in total. The standard InChI is InChI=1S/C14H16FN3O3S/c1-18-8-13(16-9-18)22(19,20)17-12-6-3-7-21-14-10(12)4-2-5-11(14)15/h2,4-5,8-9,12,17H,3,6-7H2,1H3. The second-order valence-corrected chi connectivity index (χ2v) is 6.86. The zero-order valence-corrected chi connectivity index (χ0v) is 12.8. The summed E-state index contributed by atoms with van der Waals surface area (Å²) >= 11 is 0. The van der Waals surface area contributed by atoms with E-state index in [0.717, 1.165) is 0 Å². The highest BCUT2D eigenvalue weighted by molar-refractivity contribution is 7.89. The SMILES string of the molecule is Cn1cnc(S(=O)(=O)NC2CCCOc3c(F)cccc32)c1. The maximum Gasteiger partial charge on any atom is 0.260 e. The molecule has 0 amide bonds. The van der Waals surface area contributed by atoms with E-state index < -0.39 is 21.9 Å². The molecule has 1 aromatic carbocycles. The Labute approximate surface area is 128 Å². The average Bonchev–Trinajstić information content (AvgIpc) is 2.81. The van der Waals surface area contributed by atoms with Gasteiger partial charge in [0.05, 0.1) is 19.0 Å². The minimum absolute atomic E-state index is 0.0573. The molecule has 8 heteroatoms. The van der Waals surface area contributed by atoms with Crippen LogP contribution in [0, 0.1) is 5.82 Å². The van der Waals surface area contributed by atoms with Gasteiger partial charge in [0.2, 0.25) is 0 Å². The van der Waals surface area contributed by atoms with E-state index >= 15 is 0 Å². The minimum atomic E-state index is -3.77. The predicted molar refractivity (Wildman–Crippen MR) is 77.4 cm³/mol. The molecule has 1 atom stereocenters. The Bertz CT molecular complexity index is 788. The molecule has 118 valence electrons. The molecule has 0 radical (unpaired) electrons. The highest BCUT2D eigenvalue weighted by atomic mass is 32.2. The third kappa shape index (κ3) is 2.84. The van der Waals surface area contributed by atoms with Crippen LogP contribution < -0.4 is 9.46 Å². The number of hydrogen-bond acceptors (Lipinski definition) is 4. The third-order valence-electron chi connectivity index (χ3n) is 3.51. The summed E-state index contributed by atoms with van der Waals surface area (Å²) in [6.45, 7) is 0.357. The Kier molecular flexibility index (Phi) is 3.88. The first-order chi connectivity index (χ1) is 10.5. The molecular formula is C14H16FN3O3S. The molecule has 0 bridgehead atoms. The van der Waals surface area contributed by atoms with Crippen molar-refractivity contribution < 1.29 is 17.5 Å². The average molecular weight is 325 g/mol. The van der Waals surface area contributed by atoms with Gasteiger partial charge in [0.15, 0.2) is 16.6 Å². The summed E-state index contributed by atoms with van der Waals surface area (Å²) in [4.78, 5) is 3.86. The van der Waals surface area contributed by atoms with Gasteiger partial charge in [-0.2, -0.15) is 0 Å². The van der Waals surface area contributed by atoms with Crippen molar-refractivity contribution in [3.05, 3.63) is 42.1 Å². The van der Waals surface area contributed by atoms with Gasteiger partial charge in [-0.25, -0.2) is 22.5 Å². The van der Waals surface area contributed by atoms with Crippen LogP contribution in [0.25, 0.3) is 0 Å². The number of ether oxygens (including phenoxy) is 1. The Hall–Kier alpha value is -1.93. The fraction of sp³-hybridized carbons (Fsp3) is 0.357. The highest BCUT2D eigenvalue weighted by Gasteiger charge is 2.28. The van der Waals surface area contributed by atoms with E-state index in [2.05, 4.69) is 9.71 Å². The summed E-state index contributed by atoms with van der Waals surface area (Å²) in [5.41, 5.74) is 0.511. The minimum Gasteiger partial charge on any atom is -0.490 e. The fourth-order valence-electron chi connectivity index (χ4n) is 2.47. The number of nitrogens with one attached hydrogen (secondary N) is 1. The van der Waals surface area contributed by atoms with Gasteiger partial charge in [0.1, 0.15) is 0 Å². The molecule has 1 unspecified atom stereocenters. The first-order valence-electron chi connectivity index (χ1n) is 6.89. The third-order valence-corrected chi connectivity index (χ3v) is 4.87. The van der Waals surface area contributed by atoms with Crippen LogP contribution in [0.2, 0.25) is 0 Å². The molecule has 1 N–H and O–H groups in total. The van der Waals surface area contributed by atoms with Crippen molar-refractivity contribution in [3.8, 4) is 5.75 Å². The van der Waals surface area contributed by atoms with Crippen molar-refractivity contribution in [2.75, 3.05) is 6.61 Å². The largest absolute Gasteiger partial charge is 0.490 e. The molecular weight excluding hydrogens is 309 g/mol. The van der Waals surface area contributed by atoms with E-state index in [1.54, 1.807) is 23.7 Å². The van der Waals surface area contributed by atoms with Crippen LogP contribution in [0.4, 0.5) is 4.39 Å². The van der Waals surface area contributed by atoms with Gasteiger partial charge >= 0.3 is 0 Å². The number of imidazole rings is 1. The van der Waals surface area contributed by atoms with Crippen molar-refractivity contribution in [2.24, 2.45) is 7.05 Å². The summed E-state index contributed by atoms with van der Waals surface area (Å²) in [7, 11) is -2.08. The summed E-state index contributed by atoms with van der Waals surface area (Å²) in [5, 5.41) is -0.0573. The molecule has 22 heavy (non-hydrogen) atoms. The van der Waals surface area contributed by atoms with Crippen LogP contribution in [-0.4, -0.2) is 24.6 Å². The van der Waals surface area contributed by atoms with Crippen molar-refractivity contribution in [1.29, 1.82) is 0 Å². The van der Waals surface area contributed by atoms with Gasteiger partial charge in [-0.3, -0.25) is 0 Å². The first-order valence-corrected chi connectivity index (χ1v) is 8.37. The first kappa shape index (κ1) is 15.0.